The molecule has 0 atom stereocenters. The lowest BCUT2D eigenvalue weighted by Gasteiger charge is -2.11. The van der Waals surface area contributed by atoms with Crippen molar-refractivity contribution in [1.29, 1.82) is 0 Å². The number of thiazole rings is 1. The van der Waals surface area contributed by atoms with Crippen LogP contribution in [0.2, 0.25) is 0 Å². The Kier molecular flexibility index (Phi) is 6.30. The predicted molar refractivity (Wildman–Crippen MR) is 131 cm³/mol. The summed E-state index contributed by atoms with van der Waals surface area (Å²) in [6.07, 6.45) is 1.70. The van der Waals surface area contributed by atoms with Crippen molar-refractivity contribution in [2.24, 2.45) is 0 Å². The van der Waals surface area contributed by atoms with Crippen LogP contribution >= 0.6 is 11.3 Å². The molecule has 0 saturated carbocycles. The van der Waals surface area contributed by atoms with E-state index in [0.717, 1.165) is 46.0 Å². The number of carbonyl (C=O) groups excluding carboxylic acids is 1. The van der Waals surface area contributed by atoms with Gasteiger partial charge in [0.25, 0.3) is 0 Å². The topological polar surface area (TPSA) is 69.0 Å². The largest absolute Gasteiger partial charge is 0.486 e. The van der Waals surface area contributed by atoms with Gasteiger partial charge >= 0.3 is 0 Å². The van der Waals surface area contributed by atoms with Gasteiger partial charge in [0.1, 0.15) is 24.7 Å². The first kappa shape index (κ1) is 21.2. The second-order valence-electron chi connectivity index (χ2n) is 7.73. The van der Waals surface area contributed by atoms with Crippen LogP contribution in [0.25, 0.3) is 21.3 Å². The molecule has 1 N–H and O–H groups in total. The number of ether oxygens (including phenoxy) is 1. The summed E-state index contributed by atoms with van der Waals surface area (Å²) in [5.74, 6) is 1.46. The fourth-order valence-electron chi connectivity index (χ4n) is 3.77. The lowest BCUT2D eigenvalue weighted by atomic mass is 10.3. The Morgan fingerprint density at radius 1 is 0.909 bits per heavy atom. The lowest BCUT2D eigenvalue weighted by molar-refractivity contribution is -0.121. The molecule has 0 aliphatic heterocycles. The number of para-hydroxylation sites is 4. The highest BCUT2D eigenvalue weighted by Crippen LogP contribution is 2.22. The van der Waals surface area contributed by atoms with Gasteiger partial charge in [-0.25, -0.2) is 9.97 Å². The molecular formula is C26H24N4O2S. The Morgan fingerprint density at radius 3 is 2.52 bits per heavy atom. The van der Waals surface area contributed by atoms with Crippen molar-refractivity contribution in [2.45, 2.75) is 26.0 Å². The molecule has 6 nitrogen and oxygen atoms in total. The van der Waals surface area contributed by atoms with E-state index in [1.165, 1.54) is 4.70 Å². The molecule has 0 bridgehead atoms. The molecule has 0 spiro atoms. The number of aromatic nitrogens is 3. The van der Waals surface area contributed by atoms with Crippen LogP contribution in [0.5, 0.6) is 5.75 Å². The van der Waals surface area contributed by atoms with Crippen LogP contribution in [0, 0.1) is 0 Å². The highest BCUT2D eigenvalue weighted by atomic mass is 32.1. The SMILES string of the molecule is O=C(Cn1c(COc2ccccc2)nc2ccccc21)NCCCc1nc2ccccc2s1. The Morgan fingerprint density at radius 2 is 1.67 bits per heavy atom. The number of amides is 1. The zero-order chi connectivity index (χ0) is 22.5. The number of hydrogen-bond donors (Lipinski definition) is 1. The third kappa shape index (κ3) is 5.04. The molecule has 0 fully saturated rings. The molecule has 2 aromatic heterocycles. The van der Waals surface area contributed by atoms with Gasteiger partial charge in [-0.1, -0.05) is 42.5 Å². The Labute approximate surface area is 195 Å². The first-order valence-electron chi connectivity index (χ1n) is 11.0. The van der Waals surface area contributed by atoms with E-state index in [4.69, 9.17) is 4.74 Å². The molecular weight excluding hydrogens is 432 g/mol. The quantitative estimate of drug-likeness (QED) is 0.318. The molecule has 0 unspecified atom stereocenters. The second kappa shape index (κ2) is 9.83. The molecule has 0 saturated heterocycles. The van der Waals surface area contributed by atoms with Crippen LogP contribution in [0.4, 0.5) is 0 Å². The fraction of sp³-hybridized carbons (Fsp3) is 0.192. The number of fused-ring (bicyclic) bond motifs is 2. The van der Waals surface area contributed by atoms with Gasteiger partial charge in [0, 0.05) is 13.0 Å². The van der Waals surface area contributed by atoms with Crippen molar-refractivity contribution in [2.75, 3.05) is 6.54 Å². The van der Waals surface area contributed by atoms with Gasteiger partial charge in [-0.05, 0) is 42.8 Å². The summed E-state index contributed by atoms with van der Waals surface area (Å²) in [5, 5.41) is 4.14. The fourth-order valence-corrected chi connectivity index (χ4v) is 4.78. The predicted octanol–water partition coefficient (Wildman–Crippen LogP) is 4.97. The van der Waals surface area contributed by atoms with E-state index in [2.05, 4.69) is 21.4 Å². The van der Waals surface area contributed by atoms with Crippen LogP contribution in [-0.2, 0) is 24.4 Å². The first-order chi connectivity index (χ1) is 16.3. The molecule has 7 heteroatoms. The zero-order valence-electron chi connectivity index (χ0n) is 18.1. The van der Waals surface area contributed by atoms with Crippen molar-refractivity contribution in [3.05, 3.63) is 89.7 Å². The van der Waals surface area contributed by atoms with Gasteiger partial charge in [0.05, 0.1) is 26.3 Å². The zero-order valence-corrected chi connectivity index (χ0v) is 18.9. The minimum Gasteiger partial charge on any atom is -0.486 e. The Balaban J connectivity index is 1.20. The Hall–Kier alpha value is -3.71. The summed E-state index contributed by atoms with van der Waals surface area (Å²) in [5.41, 5.74) is 2.82. The molecule has 3 aromatic carbocycles. The standard InChI is InChI=1S/C26H24N4O2S/c31-25(27-16-8-15-26-29-21-12-5-7-14-23(21)33-26)17-30-22-13-6-4-11-20(22)28-24(30)18-32-19-9-2-1-3-10-19/h1-7,9-14H,8,15-18H2,(H,27,31). The minimum atomic E-state index is -0.0385. The molecule has 33 heavy (non-hydrogen) atoms. The lowest BCUT2D eigenvalue weighted by Crippen LogP contribution is -2.29. The van der Waals surface area contributed by atoms with Crippen LogP contribution in [0.3, 0.4) is 0 Å². The van der Waals surface area contributed by atoms with Crippen LogP contribution in [0.15, 0.2) is 78.9 Å². The first-order valence-corrected chi connectivity index (χ1v) is 11.8. The number of rotatable bonds is 9. The maximum atomic E-state index is 12.7. The number of hydrogen-bond acceptors (Lipinski definition) is 5. The van der Waals surface area contributed by atoms with E-state index in [1.807, 2.05) is 77.4 Å². The maximum absolute atomic E-state index is 12.7. The molecule has 0 aliphatic carbocycles. The van der Waals surface area contributed by atoms with E-state index < -0.39 is 0 Å². The van der Waals surface area contributed by atoms with E-state index in [9.17, 15) is 4.79 Å². The smallest absolute Gasteiger partial charge is 0.240 e. The Bertz CT molecular complexity index is 1340. The minimum absolute atomic E-state index is 0.0385. The number of imidazole rings is 1. The van der Waals surface area contributed by atoms with E-state index >= 15 is 0 Å². The molecule has 5 aromatic rings. The number of benzene rings is 3. The van der Waals surface area contributed by atoms with Crippen LogP contribution < -0.4 is 10.1 Å². The van der Waals surface area contributed by atoms with Gasteiger partial charge in [0.2, 0.25) is 5.91 Å². The third-order valence-electron chi connectivity index (χ3n) is 5.37. The van der Waals surface area contributed by atoms with Crippen LogP contribution in [-0.4, -0.2) is 27.0 Å². The van der Waals surface area contributed by atoms with Gasteiger partial charge < -0.3 is 14.6 Å². The summed E-state index contributed by atoms with van der Waals surface area (Å²) in [7, 11) is 0. The normalized spacial score (nSPS) is 11.2. The average Bonchev–Trinajstić information content (AvgIpc) is 3.42. The molecule has 166 valence electrons. The average molecular weight is 457 g/mol. The molecule has 5 rings (SSSR count). The molecule has 0 aliphatic rings. The summed E-state index contributed by atoms with van der Waals surface area (Å²) in [6, 6.07) is 25.6. The van der Waals surface area contributed by atoms with Gasteiger partial charge in [-0.15, -0.1) is 11.3 Å². The van der Waals surface area contributed by atoms with Crippen molar-refractivity contribution in [3.8, 4) is 5.75 Å². The maximum Gasteiger partial charge on any atom is 0.240 e. The van der Waals surface area contributed by atoms with Crippen molar-refractivity contribution < 1.29 is 9.53 Å². The van der Waals surface area contributed by atoms with E-state index in [0.29, 0.717) is 13.2 Å². The summed E-state index contributed by atoms with van der Waals surface area (Å²) >= 11 is 1.72. The van der Waals surface area contributed by atoms with Gasteiger partial charge in [0.15, 0.2) is 0 Å². The number of aryl methyl sites for hydroxylation is 1. The summed E-state index contributed by atoms with van der Waals surface area (Å²) < 4.78 is 9.03. The van der Waals surface area contributed by atoms with Crippen molar-refractivity contribution in [1.82, 2.24) is 19.9 Å². The molecule has 2 heterocycles. The molecule has 0 radical (unpaired) electrons. The summed E-state index contributed by atoms with van der Waals surface area (Å²) in [4.78, 5) is 22.1. The highest BCUT2D eigenvalue weighted by molar-refractivity contribution is 7.18. The number of carbonyl (C=O) groups is 1. The van der Waals surface area contributed by atoms with Crippen LogP contribution in [0.1, 0.15) is 17.3 Å². The van der Waals surface area contributed by atoms with Gasteiger partial charge in [-0.2, -0.15) is 0 Å². The van der Waals surface area contributed by atoms with E-state index in [1.54, 1.807) is 11.3 Å². The molecule has 1 amide bonds. The third-order valence-corrected chi connectivity index (χ3v) is 6.47. The van der Waals surface area contributed by atoms with Crippen molar-refractivity contribution in [3.63, 3.8) is 0 Å². The highest BCUT2D eigenvalue weighted by Gasteiger charge is 2.14. The van der Waals surface area contributed by atoms with Crippen molar-refractivity contribution >= 4 is 38.5 Å². The number of nitrogens with zero attached hydrogens (tertiary/aromatic N) is 3. The van der Waals surface area contributed by atoms with E-state index in [-0.39, 0.29) is 12.5 Å². The second-order valence-corrected chi connectivity index (χ2v) is 8.85. The summed E-state index contributed by atoms with van der Waals surface area (Å²) in [6.45, 7) is 1.11. The number of nitrogens with one attached hydrogen (secondary N) is 1. The van der Waals surface area contributed by atoms with Gasteiger partial charge in [-0.3, -0.25) is 4.79 Å². The monoisotopic (exact) mass is 456 g/mol.